The molecule has 0 N–H and O–H groups in total. The van der Waals surface area contributed by atoms with Crippen LogP contribution in [0, 0.1) is 13.8 Å². The highest BCUT2D eigenvalue weighted by Gasteiger charge is 2.42. The molecule has 0 bridgehead atoms. The van der Waals surface area contributed by atoms with Gasteiger partial charge >= 0.3 is 0 Å². The lowest BCUT2D eigenvalue weighted by molar-refractivity contribution is 0.0714. The Balaban J connectivity index is 1.60. The van der Waals surface area contributed by atoms with Crippen molar-refractivity contribution in [2.24, 2.45) is 0 Å². The van der Waals surface area contributed by atoms with Crippen LogP contribution in [0.3, 0.4) is 0 Å². The maximum absolute atomic E-state index is 13.9. The first kappa shape index (κ1) is 23.9. The first-order valence-corrected chi connectivity index (χ1v) is 12.6. The Bertz CT molecular complexity index is 1450. The molecule has 0 fully saturated rings. The van der Waals surface area contributed by atoms with E-state index in [4.69, 9.17) is 9.15 Å². The van der Waals surface area contributed by atoms with E-state index in [1.54, 1.807) is 4.90 Å². The second-order valence-electron chi connectivity index (χ2n) is 9.57. The molecule has 1 atom stereocenters. The molecule has 4 aromatic rings. The molecule has 1 aliphatic heterocycles. The fourth-order valence-electron chi connectivity index (χ4n) is 5.09. The Kier molecular flexibility index (Phi) is 6.64. The van der Waals surface area contributed by atoms with Gasteiger partial charge in [0.2, 0.25) is 5.76 Å². The third-order valence-electron chi connectivity index (χ3n) is 6.82. The fourth-order valence-corrected chi connectivity index (χ4v) is 5.09. The van der Waals surface area contributed by atoms with Crippen molar-refractivity contribution in [2.45, 2.75) is 52.6 Å². The van der Waals surface area contributed by atoms with Crippen LogP contribution >= 0.6 is 0 Å². The molecule has 0 aliphatic carbocycles. The van der Waals surface area contributed by atoms with E-state index in [-0.39, 0.29) is 17.1 Å². The Labute approximate surface area is 211 Å². The van der Waals surface area contributed by atoms with E-state index >= 15 is 0 Å². The van der Waals surface area contributed by atoms with Gasteiger partial charge in [0.05, 0.1) is 23.6 Å². The molecule has 184 valence electrons. The van der Waals surface area contributed by atoms with E-state index in [1.807, 2.05) is 80.6 Å². The summed E-state index contributed by atoms with van der Waals surface area (Å²) in [5.41, 5.74) is 4.41. The normalized spacial score (nSPS) is 14.9. The van der Waals surface area contributed by atoms with Crippen LogP contribution in [0.1, 0.15) is 70.6 Å². The number of benzene rings is 3. The average molecular weight is 482 g/mol. The van der Waals surface area contributed by atoms with Crippen molar-refractivity contribution in [3.05, 3.63) is 111 Å². The lowest BCUT2D eigenvalue weighted by Gasteiger charge is -2.25. The minimum atomic E-state index is -0.539. The van der Waals surface area contributed by atoms with E-state index in [1.165, 1.54) is 0 Å². The largest absolute Gasteiger partial charge is 0.494 e. The highest BCUT2D eigenvalue weighted by atomic mass is 16.5. The maximum atomic E-state index is 13.9. The number of unbranched alkanes of at least 4 members (excludes halogenated alkanes) is 2. The zero-order valence-corrected chi connectivity index (χ0v) is 21.0. The van der Waals surface area contributed by atoms with Crippen molar-refractivity contribution < 1.29 is 13.9 Å². The van der Waals surface area contributed by atoms with Gasteiger partial charge in [-0.1, -0.05) is 68.3 Å². The summed E-state index contributed by atoms with van der Waals surface area (Å²) < 4.78 is 12.0. The van der Waals surface area contributed by atoms with Crippen LogP contribution in [0.25, 0.3) is 11.0 Å². The standard InChI is InChI=1S/C31H31NO4/c1-4-5-9-16-35-24-14-12-23(13-15-24)28-27-29(33)26-21(3)17-20(2)18-25(26)36-30(27)31(34)32(28)19-22-10-7-6-8-11-22/h6-8,10-15,17-18,28H,4-5,9,16,19H2,1-3H3. The molecule has 3 aromatic carbocycles. The Hall–Kier alpha value is -3.86. The molecule has 36 heavy (non-hydrogen) atoms. The molecule has 1 unspecified atom stereocenters. The predicted molar refractivity (Wildman–Crippen MR) is 142 cm³/mol. The van der Waals surface area contributed by atoms with E-state index in [0.29, 0.717) is 29.7 Å². The smallest absolute Gasteiger partial charge is 0.291 e. The summed E-state index contributed by atoms with van der Waals surface area (Å²) >= 11 is 0. The van der Waals surface area contributed by atoms with Gasteiger partial charge in [0.1, 0.15) is 11.3 Å². The van der Waals surface area contributed by atoms with Gasteiger partial charge in [-0.3, -0.25) is 9.59 Å². The van der Waals surface area contributed by atoms with Crippen LogP contribution in [0.4, 0.5) is 0 Å². The Morgan fingerprint density at radius 3 is 2.42 bits per heavy atom. The monoisotopic (exact) mass is 481 g/mol. The number of carbonyl (C=O) groups excluding carboxylic acids is 1. The van der Waals surface area contributed by atoms with Crippen LogP contribution in [0.5, 0.6) is 5.75 Å². The van der Waals surface area contributed by atoms with Crippen molar-refractivity contribution in [1.29, 1.82) is 0 Å². The van der Waals surface area contributed by atoms with Gasteiger partial charge in [0.25, 0.3) is 5.91 Å². The van der Waals surface area contributed by atoms with E-state index < -0.39 is 6.04 Å². The zero-order valence-electron chi connectivity index (χ0n) is 21.0. The van der Waals surface area contributed by atoms with Crippen LogP contribution in [-0.4, -0.2) is 17.4 Å². The summed E-state index contributed by atoms with van der Waals surface area (Å²) in [4.78, 5) is 29.3. The molecule has 0 radical (unpaired) electrons. The number of aryl methyl sites for hydroxylation is 2. The predicted octanol–water partition coefficient (Wildman–Crippen LogP) is 6.72. The van der Waals surface area contributed by atoms with Gasteiger partial charge in [0.15, 0.2) is 5.43 Å². The first-order chi connectivity index (χ1) is 17.5. The van der Waals surface area contributed by atoms with Gasteiger partial charge < -0.3 is 14.1 Å². The molecule has 1 aliphatic rings. The quantitative estimate of drug-likeness (QED) is 0.262. The number of hydrogen-bond acceptors (Lipinski definition) is 4. The van der Waals surface area contributed by atoms with Crippen molar-refractivity contribution in [3.8, 4) is 5.75 Å². The maximum Gasteiger partial charge on any atom is 0.291 e. The number of hydrogen-bond donors (Lipinski definition) is 0. The number of carbonyl (C=O) groups is 1. The summed E-state index contributed by atoms with van der Waals surface area (Å²) in [6, 6.07) is 20.8. The molecule has 5 nitrogen and oxygen atoms in total. The molecule has 0 saturated heterocycles. The van der Waals surface area contributed by atoms with Crippen molar-refractivity contribution >= 4 is 16.9 Å². The summed E-state index contributed by atoms with van der Waals surface area (Å²) in [6.07, 6.45) is 3.29. The molecule has 1 aromatic heterocycles. The molecule has 5 rings (SSSR count). The Morgan fingerprint density at radius 2 is 1.69 bits per heavy atom. The van der Waals surface area contributed by atoms with E-state index in [9.17, 15) is 9.59 Å². The minimum absolute atomic E-state index is 0.137. The van der Waals surface area contributed by atoms with Crippen molar-refractivity contribution in [3.63, 3.8) is 0 Å². The average Bonchev–Trinajstić information content (AvgIpc) is 3.14. The third kappa shape index (κ3) is 4.41. The van der Waals surface area contributed by atoms with E-state index in [0.717, 1.165) is 47.3 Å². The van der Waals surface area contributed by atoms with Gasteiger partial charge in [-0.2, -0.15) is 0 Å². The number of nitrogens with zero attached hydrogens (tertiary/aromatic N) is 1. The topological polar surface area (TPSA) is 59.8 Å². The molecule has 1 amide bonds. The lowest BCUT2D eigenvalue weighted by Crippen LogP contribution is -2.29. The molecular weight excluding hydrogens is 450 g/mol. The minimum Gasteiger partial charge on any atom is -0.494 e. The second kappa shape index (κ2) is 10.0. The molecule has 5 heteroatoms. The Morgan fingerprint density at radius 1 is 0.944 bits per heavy atom. The van der Waals surface area contributed by atoms with Gasteiger partial charge in [-0.25, -0.2) is 0 Å². The first-order valence-electron chi connectivity index (χ1n) is 12.6. The second-order valence-corrected chi connectivity index (χ2v) is 9.57. The molecular formula is C31H31NO4. The third-order valence-corrected chi connectivity index (χ3v) is 6.82. The summed E-state index contributed by atoms with van der Waals surface area (Å²) in [6.45, 7) is 7.08. The molecule has 0 saturated carbocycles. The van der Waals surface area contributed by atoms with Crippen molar-refractivity contribution in [2.75, 3.05) is 6.61 Å². The number of amides is 1. The summed E-state index contributed by atoms with van der Waals surface area (Å²) in [5.74, 6) is 0.654. The van der Waals surface area contributed by atoms with Gasteiger partial charge in [0, 0.05) is 6.54 Å². The van der Waals surface area contributed by atoms with Gasteiger partial charge in [-0.05, 0) is 60.7 Å². The van der Waals surface area contributed by atoms with Crippen LogP contribution < -0.4 is 10.2 Å². The summed E-state index contributed by atoms with van der Waals surface area (Å²) in [7, 11) is 0. The van der Waals surface area contributed by atoms with E-state index in [2.05, 4.69) is 6.92 Å². The fraction of sp³-hybridized carbons (Fsp3) is 0.290. The van der Waals surface area contributed by atoms with Crippen LogP contribution in [0.2, 0.25) is 0 Å². The summed E-state index contributed by atoms with van der Waals surface area (Å²) in [5, 5.41) is 0.537. The van der Waals surface area contributed by atoms with Crippen LogP contribution in [-0.2, 0) is 6.54 Å². The molecule has 0 spiro atoms. The zero-order chi connectivity index (χ0) is 25.2. The SMILES string of the molecule is CCCCCOc1ccc(C2c3c(oc4cc(C)cc(C)c4c3=O)C(=O)N2Cc2ccccc2)cc1. The number of rotatable bonds is 8. The van der Waals surface area contributed by atoms with Gasteiger partial charge in [-0.15, -0.1) is 0 Å². The molecule has 2 heterocycles. The number of ether oxygens (including phenoxy) is 1. The number of fused-ring (bicyclic) bond motifs is 2. The lowest BCUT2D eigenvalue weighted by atomic mass is 9.96. The van der Waals surface area contributed by atoms with Crippen molar-refractivity contribution in [1.82, 2.24) is 4.90 Å². The van der Waals surface area contributed by atoms with Crippen LogP contribution in [0.15, 0.2) is 75.9 Å². The highest BCUT2D eigenvalue weighted by Crippen LogP contribution is 2.40. The highest BCUT2D eigenvalue weighted by molar-refractivity contribution is 5.99.